The van der Waals surface area contributed by atoms with Crippen LogP contribution in [0.5, 0.6) is 0 Å². The molecule has 98 valence electrons. The van der Waals surface area contributed by atoms with Gasteiger partial charge < -0.3 is 4.74 Å². The molecule has 5 nitrogen and oxygen atoms in total. The van der Waals surface area contributed by atoms with Crippen LogP contribution in [0.15, 0.2) is 10.3 Å². The number of sulfonamides is 1. The predicted octanol–water partition coefficient (Wildman–Crippen LogP) is 1.62. The molecule has 8 heteroatoms. The van der Waals surface area contributed by atoms with E-state index in [9.17, 15) is 8.42 Å². The van der Waals surface area contributed by atoms with E-state index in [0.29, 0.717) is 4.34 Å². The number of ether oxygens (including phenoxy) is 1. The highest BCUT2D eigenvalue weighted by molar-refractivity contribution is 7.91. The summed E-state index contributed by atoms with van der Waals surface area (Å²) >= 11 is 6.92. The molecule has 1 unspecified atom stereocenters. The average Bonchev–Trinajstić information content (AvgIpc) is 2.70. The third-order valence-corrected chi connectivity index (χ3v) is 6.47. The van der Waals surface area contributed by atoms with Crippen molar-refractivity contribution in [1.82, 2.24) is 4.31 Å². The molecule has 0 saturated carbocycles. The second-order valence-electron chi connectivity index (χ2n) is 3.87. The van der Waals surface area contributed by atoms with Crippen molar-refractivity contribution in [2.45, 2.75) is 17.2 Å². The van der Waals surface area contributed by atoms with Crippen LogP contribution in [0, 0.1) is 18.3 Å². The molecule has 1 aromatic rings. The number of halogens is 1. The summed E-state index contributed by atoms with van der Waals surface area (Å²) in [5, 5.41) is 8.78. The number of thiophene rings is 1. The van der Waals surface area contributed by atoms with Crippen molar-refractivity contribution in [1.29, 1.82) is 5.26 Å². The Kier molecular flexibility index (Phi) is 3.94. The van der Waals surface area contributed by atoms with Gasteiger partial charge in [0.05, 0.1) is 23.6 Å². The maximum absolute atomic E-state index is 12.3. The molecule has 2 heterocycles. The second-order valence-corrected chi connectivity index (χ2v) is 7.69. The van der Waals surface area contributed by atoms with Crippen molar-refractivity contribution in [2.24, 2.45) is 0 Å². The third kappa shape index (κ3) is 2.53. The standard InChI is InChI=1S/C10H11ClN2O3S2/c1-7-4-9(17-10(7)11)18(14,15)13-2-3-16-8(5-12)6-13/h4,8H,2-3,6H2,1H3. The zero-order chi connectivity index (χ0) is 13.3. The van der Waals surface area contributed by atoms with Gasteiger partial charge in [-0.05, 0) is 18.6 Å². The number of nitrogens with zero attached hydrogens (tertiary/aromatic N) is 2. The normalized spacial score (nSPS) is 21.7. The number of aryl methyl sites for hydroxylation is 1. The van der Waals surface area contributed by atoms with E-state index in [0.717, 1.165) is 16.9 Å². The first-order chi connectivity index (χ1) is 8.45. The van der Waals surface area contributed by atoms with Crippen LogP contribution < -0.4 is 0 Å². The van der Waals surface area contributed by atoms with Crippen LogP contribution in [-0.4, -0.2) is 38.5 Å². The molecule has 0 aliphatic carbocycles. The fraction of sp³-hybridized carbons (Fsp3) is 0.500. The highest BCUT2D eigenvalue weighted by Gasteiger charge is 2.32. The Bertz CT molecular complexity index is 571. The number of nitriles is 1. The quantitative estimate of drug-likeness (QED) is 0.832. The Labute approximate surface area is 115 Å². The minimum atomic E-state index is -3.57. The van der Waals surface area contributed by atoms with Gasteiger partial charge in [-0.25, -0.2) is 8.42 Å². The van der Waals surface area contributed by atoms with E-state index in [4.69, 9.17) is 21.6 Å². The largest absolute Gasteiger partial charge is 0.361 e. The van der Waals surface area contributed by atoms with Gasteiger partial charge >= 0.3 is 0 Å². The van der Waals surface area contributed by atoms with E-state index in [2.05, 4.69) is 0 Å². The number of hydrogen-bond acceptors (Lipinski definition) is 5. The van der Waals surface area contributed by atoms with E-state index in [1.54, 1.807) is 13.0 Å². The summed E-state index contributed by atoms with van der Waals surface area (Å²) in [6.07, 6.45) is -0.704. The molecule has 1 atom stereocenters. The van der Waals surface area contributed by atoms with Gasteiger partial charge in [-0.15, -0.1) is 11.3 Å². The monoisotopic (exact) mass is 306 g/mol. The third-order valence-electron chi connectivity index (χ3n) is 2.60. The lowest BCUT2D eigenvalue weighted by Gasteiger charge is -2.28. The topological polar surface area (TPSA) is 70.4 Å². The lowest BCUT2D eigenvalue weighted by Crippen LogP contribution is -2.44. The number of rotatable bonds is 2. The second kappa shape index (κ2) is 5.15. The van der Waals surface area contributed by atoms with E-state index in [-0.39, 0.29) is 23.9 Å². The van der Waals surface area contributed by atoms with Crippen molar-refractivity contribution in [3.8, 4) is 6.07 Å². The molecule has 18 heavy (non-hydrogen) atoms. The zero-order valence-electron chi connectivity index (χ0n) is 9.59. The molecule has 0 amide bonds. The summed E-state index contributed by atoms with van der Waals surface area (Å²) in [7, 11) is -3.57. The Morgan fingerprint density at radius 3 is 2.94 bits per heavy atom. The molecular weight excluding hydrogens is 296 g/mol. The predicted molar refractivity (Wildman–Crippen MR) is 68.2 cm³/mol. The highest BCUT2D eigenvalue weighted by atomic mass is 35.5. The van der Waals surface area contributed by atoms with Gasteiger partial charge in [0.25, 0.3) is 10.0 Å². The molecular formula is C10H11ClN2O3S2. The maximum Gasteiger partial charge on any atom is 0.252 e. The van der Waals surface area contributed by atoms with Crippen molar-refractivity contribution < 1.29 is 13.2 Å². The molecule has 1 aliphatic heterocycles. The van der Waals surface area contributed by atoms with E-state index in [1.807, 2.05) is 6.07 Å². The Balaban J connectivity index is 2.29. The summed E-state index contributed by atoms with van der Waals surface area (Å²) in [6, 6.07) is 3.48. The van der Waals surface area contributed by atoms with Crippen molar-refractivity contribution in [3.63, 3.8) is 0 Å². The van der Waals surface area contributed by atoms with E-state index in [1.165, 1.54) is 4.31 Å². The Hall–Kier alpha value is -0.650. The van der Waals surface area contributed by atoms with Crippen LogP contribution >= 0.6 is 22.9 Å². The molecule has 0 aromatic carbocycles. The van der Waals surface area contributed by atoms with Gasteiger partial charge in [-0.2, -0.15) is 9.57 Å². The van der Waals surface area contributed by atoms with Crippen LogP contribution in [0.4, 0.5) is 0 Å². The lowest BCUT2D eigenvalue weighted by atomic mass is 10.3. The SMILES string of the molecule is Cc1cc(S(=O)(=O)N2CCOC(C#N)C2)sc1Cl. The van der Waals surface area contributed by atoms with Crippen LogP contribution in [0.1, 0.15) is 5.56 Å². The number of morpholine rings is 1. The number of hydrogen-bond donors (Lipinski definition) is 0. The molecule has 0 spiro atoms. The molecule has 1 aromatic heterocycles. The Morgan fingerprint density at radius 2 is 2.39 bits per heavy atom. The molecule has 0 N–H and O–H groups in total. The van der Waals surface area contributed by atoms with Crippen molar-refractivity contribution in [3.05, 3.63) is 16.0 Å². The van der Waals surface area contributed by atoms with Crippen LogP contribution in [0.2, 0.25) is 4.34 Å². The maximum atomic E-state index is 12.3. The Morgan fingerprint density at radius 1 is 1.67 bits per heavy atom. The average molecular weight is 307 g/mol. The van der Waals surface area contributed by atoms with Gasteiger partial charge in [0.2, 0.25) is 0 Å². The van der Waals surface area contributed by atoms with Gasteiger partial charge in [-0.1, -0.05) is 11.6 Å². The first-order valence-electron chi connectivity index (χ1n) is 5.22. The first-order valence-corrected chi connectivity index (χ1v) is 7.86. The zero-order valence-corrected chi connectivity index (χ0v) is 12.0. The lowest BCUT2D eigenvalue weighted by molar-refractivity contribution is 0.0312. The highest BCUT2D eigenvalue weighted by Crippen LogP contribution is 2.32. The van der Waals surface area contributed by atoms with Gasteiger partial charge in [0, 0.05) is 6.54 Å². The fourth-order valence-electron chi connectivity index (χ4n) is 1.61. The van der Waals surface area contributed by atoms with Gasteiger partial charge in [0.1, 0.15) is 4.21 Å². The fourth-order valence-corrected chi connectivity index (χ4v) is 4.90. The van der Waals surface area contributed by atoms with Crippen molar-refractivity contribution in [2.75, 3.05) is 19.7 Å². The van der Waals surface area contributed by atoms with Crippen LogP contribution in [0.25, 0.3) is 0 Å². The molecule has 1 fully saturated rings. The molecule has 1 saturated heterocycles. The summed E-state index contributed by atoms with van der Waals surface area (Å²) < 4.78 is 31.7. The molecule has 0 bridgehead atoms. The molecule has 2 rings (SSSR count). The minimum Gasteiger partial charge on any atom is -0.361 e. The van der Waals surface area contributed by atoms with Crippen LogP contribution in [0.3, 0.4) is 0 Å². The van der Waals surface area contributed by atoms with Crippen molar-refractivity contribution >= 4 is 33.0 Å². The summed E-state index contributed by atoms with van der Waals surface area (Å²) in [5.74, 6) is 0. The minimum absolute atomic E-state index is 0.0629. The van der Waals surface area contributed by atoms with Gasteiger partial charge in [0.15, 0.2) is 6.10 Å². The van der Waals surface area contributed by atoms with E-state index < -0.39 is 16.1 Å². The first kappa shape index (κ1) is 13.8. The van der Waals surface area contributed by atoms with Gasteiger partial charge in [-0.3, -0.25) is 0 Å². The smallest absolute Gasteiger partial charge is 0.252 e. The molecule has 1 aliphatic rings. The van der Waals surface area contributed by atoms with Crippen LogP contribution in [-0.2, 0) is 14.8 Å². The summed E-state index contributed by atoms with van der Waals surface area (Å²) in [4.78, 5) is 0. The van der Waals surface area contributed by atoms with E-state index >= 15 is 0 Å². The molecule has 0 radical (unpaired) electrons. The summed E-state index contributed by atoms with van der Waals surface area (Å²) in [6.45, 7) is 2.31. The summed E-state index contributed by atoms with van der Waals surface area (Å²) in [5.41, 5.74) is 0.741.